The Balaban J connectivity index is 3.07. The van der Waals surface area contributed by atoms with Crippen LogP contribution in [0.4, 0.5) is 0 Å². The number of nitrogens with zero attached hydrogens (tertiary/aromatic N) is 1. The van der Waals surface area contributed by atoms with Crippen molar-refractivity contribution in [3.8, 4) is 5.75 Å². The first-order valence-corrected chi connectivity index (χ1v) is 6.61. The van der Waals surface area contributed by atoms with Crippen molar-refractivity contribution < 1.29 is 19.2 Å². The number of carbonyl (C=O) groups excluding carboxylic acids is 1. The molecule has 0 radical (unpaired) electrons. The average molecular weight is 314 g/mol. The highest BCUT2D eigenvalue weighted by atomic mass is 35.5. The fourth-order valence-corrected chi connectivity index (χ4v) is 1.69. The maximum atomic E-state index is 11.8. The third kappa shape index (κ3) is 5.07. The van der Waals surface area contributed by atoms with Gasteiger partial charge in [0.05, 0.1) is 11.5 Å². The summed E-state index contributed by atoms with van der Waals surface area (Å²) in [5, 5.41) is 10.8. The van der Waals surface area contributed by atoms with E-state index in [1.807, 2.05) is 0 Å². The molecule has 0 aromatic heterocycles. The number of benzene rings is 1. The van der Waals surface area contributed by atoms with E-state index in [1.165, 1.54) is 12.1 Å². The molecule has 21 heavy (non-hydrogen) atoms. The number of hydrogen-bond donors (Lipinski definition) is 0. The lowest BCUT2D eigenvalue weighted by Gasteiger charge is -2.25. The summed E-state index contributed by atoms with van der Waals surface area (Å²) in [7, 11) is 0. The van der Waals surface area contributed by atoms with Crippen LogP contribution in [0.3, 0.4) is 0 Å². The van der Waals surface area contributed by atoms with Crippen molar-refractivity contribution in [1.29, 1.82) is 0 Å². The lowest BCUT2D eigenvalue weighted by atomic mass is 10.1. The van der Waals surface area contributed by atoms with Gasteiger partial charge >= 0.3 is 5.97 Å². The van der Waals surface area contributed by atoms with E-state index in [0.717, 1.165) is 6.20 Å². The van der Waals surface area contributed by atoms with Crippen molar-refractivity contribution in [2.75, 3.05) is 6.61 Å². The highest BCUT2D eigenvalue weighted by Gasteiger charge is 2.32. The molecular formula is C14H16ClNO5. The predicted molar refractivity (Wildman–Crippen MR) is 78.8 cm³/mol. The van der Waals surface area contributed by atoms with Crippen LogP contribution in [0.5, 0.6) is 5.75 Å². The molecule has 0 saturated carbocycles. The SMILES string of the molecule is CCOC(=O)C(C)(C)Oc1ccc(Cl)cc1/C=C/[N+](=O)[O-]. The van der Waals surface area contributed by atoms with E-state index in [2.05, 4.69) is 0 Å². The number of rotatable bonds is 6. The van der Waals surface area contributed by atoms with Gasteiger partial charge in [-0.25, -0.2) is 4.79 Å². The topological polar surface area (TPSA) is 78.7 Å². The highest BCUT2D eigenvalue weighted by Crippen LogP contribution is 2.28. The molecule has 0 aliphatic heterocycles. The van der Waals surface area contributed by atoms with Gasteiger partial charge in [0.25, 0.3) is 0 Å². The van der Waals surface area contributed by atoms with Gasteiger partial charge < -0.3 is 9.47 Å². The van der Waals surface area contributed by atoms with E-state index >= 15 is 0 Å². The van der Waals surface area contributed by atoms with E-state index in [4.69, 9.17) is 21.1 Å². The van der Waals surface area contributed by atoms with E-state index in [1.54, 1.807) is 32.9 Å². The summed E-state index contributed by atoms with van der Waals surface area (Å²) in [5.74, 6) is -0.222. The molecule has 0 saturated heterocycles. The van der Waals surface area contributed by atoms with Crippen LogP contribution < -0.4 is 4.74 Å². The lowest BCUT2D eigenvalue weighted by Crippen LogP contribution is -2.39. The first-order valence-electron chi connectivity index (χ1n) is 6.23. The molecule has 7 heteroatoms. The Kier molecular flexibility index (Phi) is 5.72. The van der Waals surface area contributed by atoms with Crippen molar-refractivity contribution in [2.45, 2.75) is 26.4 Å². The molecule has 0 N–H and O–H groups in total. The van der Waals surface area contributed by atoms with Gasteiger partial charge in [0.15, 0.2) is 5.60 Å². The molecule has 0 bridgehead atoms. The molecule has 0 atom stereocenters. The standard InChI is InChI=1S/C14H16ClNO5/c1-4-20-13(17)14(2,3)21-12-6-5-11(15)9-10(12)7-8-16(18)19/h5-9H,4H2,1-3H3/b8-7+. The van der Waals surface area contributed by atoms with Gasteiger partial charge in [0.1, 0.15) is 5.75 Å². The first kappa shape index (κ1) is 17.0. The molecule has 0 aliphatic rings. The Bertz CT molecular complexity index is 568. The van der Waals surface area contributed by atoms with Gasteiger partial charge in [-0.3, -0.25) is 10.1 Å². The van der Waals surface area contributed by atoms with Crippen LogP contribution in [0.15, 0.2) is 24.4 Å². The van der Waals surface area contributed by atoms with Gasteiger partial charge in [-0.1, -0.05) is 11.6 Å². The zero-order chi connectivity index (χ0) is 16.0. The summed E-state index contributed by atoms with van der Waals surface area (Å²) in [5.41, 5.74) is -0.822. The van der Waals surface area contributed by atoms with E-state index < -0.39 is 16.5 Å². The van der Waals surface area contributed by atoms with Crippen LogP contribution in [0.25, 0.3) is 6.08 Å². The van der Waals surface area contributed by atoms with Crippen molar-refractivity contribution in [3.05, 3.63) is 45.1 Å². The van der Waals surface area contributed by atoms with Gasteiger partial charge in [0.2, 0.25) is 6.20 Å². The average Bonchev–Trinajstić information content (AvgIpc) is 2.39. The van der Waals surface area contributed by atoms with Gasteiger partial charge in [-0.2, -0.15) is 0 Å². The monoisotopic (exact) mass is 313 g/mol. The van der Waals surface area contributed by atoms with Crippen LogP contribution >= 0.6 is 11.6 Å². The second-order valence-corrected chi connectivity index (χ2v) is 5.05. The molecular weight excluding hydrogens is 298 g/mol. The third-order valence-electron chi connectivity index (χ3n) is 2.48. The molecule has 1 aromatic rings. The Morgan fingerprint density at radius 2 is 2.14 bits per heavy atom. The fourth-order valence-electron chi connectivity index (χ4n) is 1.51. The molecule has 1 aromatic carbocycles. The fraction of sp³-hybridized carbons (Fsp3) is 0.357. The van der Waals surface area contributed by atoms with Crippen LogP contribution in [0, 0.1) is 10.1 Å². The molecule has 6 nitrogen and oxygen atoms in total. The van der Waals surface area contributed by atoms with Gasteiger partial charge in [-0.05, 0) is 39.0 Å². The third-order valence-corrected chi connectivity index (χ3v) is 2.71. The Morgan fingerprint density at radius 3 is 2.71 bits per heavy atom. The number of carbonyl (C=O) groups is 1. The minimum atomic E-state index is -1.22. The summed E-state index contributed by atoms with van der Waals surface area (Å²) in [6, 6.07) is 4.63. The number of nitro groups is 1. The zero-order valence-electron chi connectivity index (χ0n) is 12.0. The molecule has 0 aliphatic carbocycles. The normalized spacial score (nSPS) is 11.4. The van der Waals surface area contributed by atoms with Crippen molar-refractivity contribution in [3.63, 3.8) is 0 Å². The summed E-state index contributed by atoms with van der Waals surface area (Å²) in [4.78, 5) is 21.6. The maximum Gasteiger partial charge on any atom is 0.349 e. The molecule has 0 heterocycles. The Labute approximate surface area is 127 Å². The quantitative estimate of drug-likeness (QED) is 0.457. The molecule has 0 spiro atoms. The maximum absolute atomic E-state index is 11.8. The van der Waals surface area contributed by atoms with Gasteiger partial charge in [0, 0.05) is 16.7 Å². The minimum absolute atomic E-state index is 0.236. The zero-order valence-corrected chi connectivity index (χ0v) is 12.7. The minimum Gasteiger partial charge on any atom is -0.476 e. The van der Waals surface area contributed by atoms with Crippen molar-refractivity contribution >= 4 is 23.6 Å². The number of esters is 1. The number of ether oxygens (including phenoxy) is 2. The van der Waals surface area contributed by atoms with E-state index in [9.17, 15) is 14.9 Å². The molecule has 0 fully saturated rings. The predicted octanol–water partition coefficient (Wildman–Crippen LogP) is 3.31. The molecule has 114 valence electrons. The van der Waals surface area contributed by atoms with Crippen LogP contribution in [-0.4, -0.2) is 23.1 Å². The summed E-state index contributed by atoms with van der Waals surface area (Å²) in [6.07, 6.45) is 2.03. The highest BCUT2D eigenvalue weighted by molar-refractivity contribution is 6.30. The van der Waals surface area contributed by atoms with Gasteiger partial charge in [-0.15, -0.1) is 0 Å². The number of halogens is 1. The number of hydrogen-bond acceptors (Lipinski definition) is 5. The van der Waals surface area contributed by atoms with Crippen LogP contribution in [-0.2, 0) is 9.53 Å². The Morgan fingerprint density at radius 1 is 1.48 bits per heavy atom. The lowest BCUT2D eigenvalue weighted by molar-refractivity contribution is -0.400. The van der Waals surface area contributed by atoms with Crippen molar-refractivity contribution in [1.82, 2.24) is 0 Å². The Hall–Kier alpha value is -2.08. The second kappa shape index (κ2) is 7.08. The largest absolute Gasteiger partial charge is 0.476 e. The summed E-state index contributed by atoms with van der Waals surface area (Å²) >= 11 is 5.86. The van der Waals surface area contributed by atoms with Crippen molar-refractivity contribution in [2.24, 2.45) is 0 Å². The smallest absolute Gasteiger partial charge is 0.349 e. The second-order valence-electron chi connectivity index (χ2n) is 4.62. The van der Waals surface area contributed by atoms with Crippen LogP contribution in [0.1, 0.15) is 26.3 Å². The molecule has 0 unspecified atom stereocenters. The first-order chi connectivity index (χ1) is 9.76. The van der Waals surface area contributed by atoms with Crippen LogP contribution in [0.2, 0.25) is 5.02 Å². The molecule has 1 rings (SSSR count). The summed E-state index contributed by atoms with van der Waals surface area (Å²) in [6.45, 7) is 5.04. The van der Waals surface area contributed by atoms with E-state index in [-0.39, 0.29) is 6.61 Å². The molecule has 0 amide bonds. The van der Waals surface area contributed by atoms with E-state index in [0.29, 0.717) is 16.3 Å². The summed E-state index contributed by atoms with van der Waals surface area (Å²) < 4.78 is 10.6.